The normalized spacial score (nSPS) is 12.1. The highest BCUT2D eigenvalue weighted by Gasteiger charge is 2.19. The molecule has 0 saturated carbocycles. The van der Waals surface area contributed by atoms with E-state index >= 15 is 0 Å². The number of nitrogens with zero attached hydrogens (tertiary/aromatic N) is 1. The van der Waals surface area contributed by atoms with Crippen molar-refractivity contribution in [3.8, 4) is 0 Å². The molecular formula is C12H17Cl2NO2. The molecule has 0 heterocycles. The number of aliphatic hydroxyl groups excluding tert-OH is 1. The van der Waals surface area contributed by atoms with Crippen molar-refractivity contribution in [2.45, 2.75) is 0 Å². The van der Waals surface area contributed by atoms with Crippen LogP contribution in [0.15, 0.2) is 24.3 Å². The molecule has 0 radical (unpaired) electrons. The zero-order valence-electron chi connectivity index (χ0n) is 9.89. The van der Waals surface area contributed by atoms with Crippen LogP contribution in [0.5, 0.6) is 0 Å². The molecule has 96 valence electrons. The first-order valence-corrected chi connectivity index (χ1v) is 5.47. The highest BCUT2D eigenvalue weighted by atomic mass is 35.5. The topological polar surface area (TPSA) is 40.5 Å². The van der Waals surface area contributed by atoms with Gasteiger partial charge in [-0.2, -0.15) is 0 Å². The maximum atomic E-state index is 12.0. The van der Waals surface area contributed by atoms with Crippen molar-refractivity contribution >= 4 is 29.8 Å². The monoisotopic (exact) mass is 277 g/mol. The van der Waals surface area contributed by atoms with Crippen molar-refractivity contribution in [3.63, 3.8) is 0 Å². The van der Waals surface area contributed by atoms with Crippen LogP contribution >= 0.6 is 24.0 Å². The second-order valence-corrected chi connectivity index (χ2v) is 4.45. The van der Waals surface area contributed by atoms with E-state index in [1.54, 1.807) is 24.3 Å². The van der Waals surface area contributed by atoms with E-state index in [1.165, 1.54) is 0 Å². The van der Waals surface area contributed by atoms with E-state index in [0.29, 0.717) is 17.1 Å². The lowest BCUT2D eigenvalue weighted by Crippen LogP contribution is -2.30. The summed E-state index contributed by atoms with van der Waals surface area (Å²) in [5, 5.41) is 9.79. The van der Waals surface area contributed by atoms with Gasteiger partial charge in [-0.05, 0) is 38.4 Å². The van der Waals surface area contributed by atoms with Crippen LogP contribution in [0.25, 0.3) is 0 Å². The average Bonchev–Trinajstić information content (AvgIpc) is 2.25. The first-order valence-electron chi connectivity index (χ1n) is 5.10. The van der Waals surface area contributed by atoms with E-state index in [4.69, 9.17) is 11.6 Å². The minimum Gasteiger partial charge on any atom is -0.396 e. The SMILES string of the molecule is CN(C)CC(CO)C(=O)c1ccc(Cl)cc1.Cl. The highest BCUT2D eigenvalue weighted by Crippen LogP contribution is 2.14. The van der Waals surface area contributed by atoms with Crippen molar-refractivity contribution in [2.24, 2.45) is 5.92 Å². The minimum atomic E-state index is -0.379. The average molecular weight is 278 g/mol. The Balaban J connectivity index is 0.00000256. The summed E-state index contributed by atoms with van der Waals surface area (Å²) in [6.07, 6.45) is 0. The standard InChI is InChI=1S/C12H16ClNO2.ClH/c1-14(2)7-10(8-15)12(16)9-3-5-11(13)6-4-9;/h3-6,10,15H,7-8H2,1-2H3;1H. The fraction of sp³-hybridized carbons (Fsp3) is 0.417. The van der Waals surface area contributed by atoms with Gasteiger partial charge < -0.3 is 10.0 Å². The Morgan fingerprint density at radius 1 is 1.35 bits per heavy atom. The van der Waals surface area contributed by atoms with Gasteiger partial charge in [0, 0.05) is 17.1 Å². The molecule has 1 rings (SSSR count). The molecule has 1 N–H and O–H groups in total. The summed E-state index contributed by atoms with van der Waals surface area (Å²) in [4.78, 5) is 13.9. The Hall–Kier alpha value is -0.610. The lowest BCUT2D eigenvalue weighted by Gasteiger charge is -2.17. The van der Waals surface area contributed by atoms with Gasteiger partial charge >= 0.3 is 0 Å². The molecule has 0 amide bonds. The number of rotatable bonds is 5. The molecule has 1 unspecified atom stereocenters. The predicted molar refractivity (Wildman–Crippen MR) is 72.2 cm³/mol. The molecular weight excluding hydrogens is 261 g/mol. The van der Waals surface area contributed by atoms with Crippen LogP contribution in [0.3, 0.4) is 0 Å². The summed E-state index contributed by atoms with van der Waals surface area (Å²) in [5.41, 5.74) is 0.588. The van der Waals surface area contributed by atoms with Gasteiger partial charge in [0.15, 0.2) is 5.78 Å². The number of halogens is 2. The van der Waals surface area contributed by atoms with Crippen LogP contribution in [0.4, 0.5) is 0 Å². The number of carbonyl (C=O) groups excluding carboxylic acids is 1. The van der Waals surface area contributed by atoms with E-state index in [9.17, 15) is 9.90 Å². The van der Waals surface area contributed by atoms with Gasteiger partial charge in [0.2, 0.25) is 0 Å². The van der Waals surface area contributed by atoms with Crippen molar-refractivity contribution in [3.05, 3.63) is 34.9 Å². The first kappa shape index (κ1) is 16.4. The number of Topliss-reactive ketones (excluding diaryl/α,β-unsaturated/α-hetero) is 1. The van der Waals surface area contributed by atoms with Gasteiger partial charge in [-0.15, -0.1) is 12.4 Å². The van der Waals surface area contributed by atoms with Crippen LogP contribution in [-0.4, -0.2) is 43.0 Å². The second-order valence-electron chi connectivity index (χ2n) is 4.01. The Morgan fingerprint density at radius 2 is 1.88 bits per heavy atom. The van der Waals surface area contributed by atoms with Gasteiger partial charge in [0.25, 0.3) is 0 Å². The minimum absolute atomic E-state index is 0. The molecule has 0 fully saturated rings. The molecule has 1 aromatic carbocycles. The van der Waals surface area contributed by atoms with E-state index in [2.05, 4.69) is 0 Å². The third-order valence-corrected chi connectivity index (χ3v) is 2.56. The zero-order valence-corrected chi connectivity index (χ0v) is 11.5. The molecule has 0 saturated heterocycles. The highest BCUT2D eigenvalue weighted by molar-refractivity contribution is 6.30. The zero-order chi connectivity index (χ0) is 12.1. The van der Waals surface area contributed by atoms with Gasteiger partial charge in [-0.25, -0.2) is 0 Å². The van der Waals surface area contributed by atoms with Crippen LogP contribution in [0, 0.1) is 5.92 Å². The van der Waals surface area contributed by atoms with Gasteiger partial charge in [0.1, 0.15) is 0 Å². The lowest BCUT2D eigenvalue weighted by molar-refractivity contribution is 0.0826. The molecule has 5 heteroatoms. The summed E-state index contributed by atoms with van der Waals surface area (Å²) >= 11 is 5.75. The summed E-state index contributed by atoms with van der Waals surface area (Å²) in [6.45, 7) is 0.400. The molecule has 0 aliphatic rings. The lowest BCUT2D eigenvalue weighted by atomic mass is 9.98. The van der Waals surface area contributed by atoms with Crippen LogP contribution in [0.1, 0.15) is 10.4 Å². The van der Waals surface area contributed by atoms with Gasteiger partial charge in [-0.1, -0.05) is 11.6 Å². The summed E-state index contributed by atoms with van der Waals surface area (Å²) in [5.74, 6) is -0.427. The molecule has 3 nitrogen and oxygen atoms in total. The van der Waals surface area contributed by atoms with Gasteiger partial charge in [0.05, 0.1) is 12.5 Å². The Morgan fingerprint density at radius 3 is 2.29 bits per heavy atom. The number of hydrogen-bond donors (Lipinski definition) is 1. The number of benzene rings is 1. The van der Waals surface area contributed by atoms with Gasteiger partial charge in [-0.3, -0.25) is 4.79 Å². The fourth-order valence-electron chi connectivity index (χ4n) is 1.51. The third-order valence-electron chi connectivity index (χ3n) is 2.31. The molecule has 1 atom stereocenters. The Kier molecular flexibility index (Phi) is 7.39. The third kappa shape index (κ3) is 5.04. The van der Waals surface area contributed by atoms with E-state index in [-0.39, 0.29) is 30.7 Å². The number of aliphatic hydroxyl groups is 1. The van der Waals surface area contributed by atoms with Crippen molar-refractivity contribution in [1.82, 2.24) is 4.90 Å². The maximum absolute atomic E-state index is 12.0. The molecule has 17 heavy (non-hydrogen) atoms. The number of carbonyl (C=O) groups is 1. The van der Waals surface area contributed by atoms with E-state index in [1.807, 2.05) is 19.0 Å². The maximum Gasteiger partial charge on any atom is 0.169 e. The van der Waals surface area contributed by atoms with Crippen molar-refractivity contribution < 1.29 is 9.90 Å². The van der Waals surface area contributed by atoms with Crippen LogP contribution < -0.4 is 0 Å². The predicted octanol–water partition coefficient (Wildman–Crippen LogP) is 2.11. The summed E-state index contributed by atoms with van der Waals surface area (Å²) < 4.78 is 0. The first-order chi connectivity index (χ1) is 7.54. The molecule has 0 aliphatic heterocycles. The summed E-state index contributed by atoms with van der Waals surface area (Å²) in [6, 6.07) is 6.73. The second kappa shape index (κ2) is 7.67. The van der Waals surface area contributed by atoms with Crippen molar-refractivity contribution in [1.29, 1.82) is 0 Å². The molecule has 0 aliphatic carbocycles. The fourth-order valence-corrected chi connectivity index (χ4v) is 1.64. The summed E-state index contributed by atoms with van der Waals surface area (Å²) in [7, 11) is 3.75. The molecule has 0 aromatic heterocycles. The number of hydrogen-bond acceptors (Lipinski definition) is 3. The van der Waals surface area contributed by atoms with Crippen LogP contribution in [0.2, 0.25) is 5.02 Å². The van der Waals surface area contributed by atoms with Crippen molar-refractivity contribution in [2.75, 3.05) is 27.2 Å². The van der Waals surface area contributed by atoms with E-state index < -0.39 is 0 Å². The quantitative estimate of drug-likeness (QED) is 0.839. The molecule has 0 bridgehead atoms. The number of ketones is 1. The molecule has 1 aromatic rings. The largest absolute Gasteiger partial charge is 0.396 e. The Labute approximate surface area is 113 Å². The van der Waals surface area contributed by atoms with E-state index in [0.717, 1.165) is 0 Å². The van der Waals surface area contributed by atoms with Crippen LogP contribution in [-0.2, 0) is 0 Å². The smallest absolute Gasteiger partial charge is 0.169 e. The molecule has 0 spiro atoms. The Bertz CT molecular complexity index is 352.